The maximum Gasteiger partial charge on any atom is 0.345 e. The van der Waals surface area contributed by atoms with Crippen LogP contribution in [0.15, 0.2) is 35.1 Å². The van der Waals surface area contributed by atoms with E-state index in [1.54, 1.807) is 4.68 Å². The lowest BCUT2D eigenvalue weighted by atomic mass is 10.0. The summed E-state index contributed by atoms with van der Waals surface area (Å²) in [6.45, 7) is 4.01. The number of fused-ring (bicyclic) bond motifs is 1. The fourth-order valence-electron chi connectivity index (χ4n) is 4.07. The van der Waals surface area contributed by atoms with Crippen molar-refractivity contribution in [2.75, 3.05) is 19.6 Å². The number of nitrogens with zero attached hydrogens (tertiary/aromatic N) is 4. The second-order valence-electron chi connectivity index (χ2n) is 7.51. The van der Waals surface area contributed by atoms with Gasteiger partial charge < -0.3 is 5.32 Å². The molecule has 3 heterocycles. The second-order valence-corrected chi connectivity index (χ2v) is 7.51. The number of hydrogen-bond acceptors (Lipinski definition) is 4. The van der Waals surface area contributed by atoms with Crippen LogP contribution in [-0.2, 0) is 19.5 Å². The Kier molecular flexibility index (Phi) is 5.38. The Balaban J connectivity index is 1.32. The van der Waals surface area contributed by atoms with Crippen molar-refractivity contribution in [1.29, 1.82) is 0 Å². The van der Waals surface area contributed by atoms with Crippen LogP contribution in [0.5, 0.6) is 0 Å². The lowest BCUT2D eigenvalue weighted by molar-refractivity contribution is 0.0901. The number of aryl methyl sites for hydroxylation is 1. The quantitative estimate of drug-likeness (QED) is 0.862. The third-order valence-electron chi connectivity index (χ3n) is 5.54. The molecule has 2 aromatic rings. The number of hydrogen-bond donors (Lipinski definition) is 1. The highest BCUT2D eigenvalue weighted by molar-refractivity contribution is 5.94. The van der Waals surface area contributed by atoms with E-state index in [9.17, 15) is 9.59 Å². The first-order valence-corrected chi connectivity index (χ1v) is 9.95. The molecule has 1 aromatic carbocycles. The van der Waals surface area contributed by atoms with Gasteiger partial charge in [-0.05, 0) is 44.4 Å². The SMILES string of the molecule is O=C(NC1CCCN(CCn2nc3n(c2=O)CCCC3)C1)c1ccccc1. The first kappa shape index (κ1) is 18.0. The van der Waals surface area contributed by atoms with Crippen molar-refractivity contribution < 1.29 is 4.79 Å². The van der Waals surface area contributed by atoms with Gasteiger partial charge in [0, 0.05) is 37.7 Å². The van der Waals surface area contributed by atoms with Crippen molar-refractivity contribution in [3.63, 3.8) is 0 Å². The molecule has 0 bridgehead atoms. The minimum atomic E-state index is -0.0135. The van der Waals surface area contributed by atoms with E-state index >= 15 is 0 Å². The highest BCUT2D eigenvalue weighted by Gasteiger charge is 2.22. The monoisotopic (exact) mass is 369 g/mol. The van der Waals surface area contributed by atoms with E-state index < -0.39 is 0 Å². The zero-order valence-corrected chi connectivity index (χ0v) is 15.6. The Bertz CT molecular complexity index is 842. The molecule has 144 valence electrons. The smallest absolute Gasteiger partial charge is 0.345 e. The minimum Gasteiger partial charge on any atom is -0.348 e. The number of piperidine rings is 1. The second kappa shape index (κ2) is 8.08. The summed E-state index contributed by atoms with van der Waals surface area (Å²) in [4.78, 5) is 27.1. The van der Waals surface area contributed by atoms with Gasteiger partial charge in [0.1, 0.15) is 5.82 Å². The van der Waals surface area contributed by atoms with Gasteiger partial charge in [-0.2, -0.15) is 5.10 Å². The summed E-state index contributed by atoms with van der Waals surface area (Å²) in [6.07, 6.45) is 5.13. The molecule has 0 radical (unpaired) electrons. The average molecular weight is 369 g/mol. The van der Waals surface area contributed by atoms with Gasteiger partial charge in [-0.15, -0.1) is 0 Å². The van der Waals surface area contributed by atoms with Crippen molar-refractivity contribution in [3.05, 3.63) is 52.2 Å². The number of likely N-dealkylation sites (tertiary alicyclic amines) is 1. The molecule has 1 amide bonds. The Morgan fingerprint density at radius 3 is 2.78 bits per heavy atom. The molecule has 0 spiro atoms. The predicted octanol–water partition coefficient (Wildman–Crippen LogP) is 1.28. The van der Waals surface area contributed by atoms with Crippen molar-refractivity contribution >= 4 is 5.91 Å². The first-order valence-electron chi connectivity index (χ1n) is 9.95. The molecule has 27 heavy (non-hydrogen) atoms. The zero-order chi connectivity index (χ0) is 18.6. The highest BCUT2D eigenvalue weighted by Crippen LogP contribution is 2.12. The van der Waals surface area contributed by atoms with Crippen molar-refractivity contribution in [2.24, 2.45) is 0 Å². The van der Waals surface area contributed by atoms with Crippen LogP contribution >= 0.6 is 0 Å². The first-order chi connectivity index (χ1) is 13.2. The fraction of sp³-hybridized carbons (Fsp3) is 0.550. The summed E-state index contributed by atoms with van der Waals surface area (Å²) in [5.74, 6) is 0.915. The van der Waals surface area contributed by atoms with Gasteiger partial charge in [0.05, 0.1) is 6.54 Å². The largest absolute Gasteiger partial charge is 0.348 e. The molecule has 1 fully saturated rings. The van der Waals surface area contributed by atoms with Crippen LogP contribution in [0.2, 0.25) is 0 Å². The topological polar surface area (TPSA) is 72.2 Å². The van der Waals surface area contributed by atoms with Gasteiger partial charge in [0.2, 0.25) is 0 Å². The summed E-state index contributed by atoms with van der Waals surface area (Å²) in [5.41, 5.74) is 0.723. The highest BCUT2D eigenvalue weighted by atomic mass is 16.2. The number of carbonyl (C=O) groups is 1. The Labute approximate surface area is 159 Å². The molecule has 0 saturated carbocycles. The van der Waals surface area contributed by atoms with Crippen LogP contribution in [-0.4, -0.2) is 50.8 Å². The van der Waals surface area contributed by atoms with Gasteiger partial charge in [-0.1, -0.05) is 18.2 Å². The Hall–Kier alpha value is -2.41. The number of amides is 1. The molecule has 2 aliphatic heterocycles. The molecule has 1 saturated heterocycles. The summed E-state index contributed by atoms with van der Waals surface area (Å²) in [7, 11) is 0. The standard InChI is InChI=1S/C20H27N5O2/c26-19(16-7-2-1-3-8-16)21-17-9-6-11-23(15-17)13-14-25-20(27)24-12-5-4-10-18(24)22-25/h1-3,7-8,17H,4-6,9-15H2,(H,21,26). The molecule has 7 nitrogen and oxygen atoms in total. The van der Waals surface area contributed by atoms with Gasteiger partial charge in [0.25, 0.3) is 5.91 Å². The third-order valence-corrected chi connectivity index (χ3v) is 5.54. The minimum absolute atomic E-state index is 0.0135. The van der Waals surface area contributed by atoms with E-state index in [2.05, 4.69) is 15.3 Å². The third kappa shape index (κ3) is 4.13. The van der Waals surface area contributed by atoms with Crippen LogP contribution in [0.3, 0.4) is 0 Å². The van der Waals surface area contributed by atoms with E-state index in [4.69, 9.17) is 0 Å². The summed E-state index contributed by atoms with van der Waals surface area (Å²) in [5, 5.41) is 7.66. The van der Waals surface area contributed by atoms with E-state index in [-0.39, 0.29) is 17.6 Å². The molecule has 2 aliphatic rings. The molecular weight excluding hydrogens is 342 g/mol. The van der Waals surface area contributed by atoms with Gasteiger partial charge in [-0.25, -0.2) is 9.48 Å². The Morgan fingerprint density at radius 2 is 1.96 bits per heavy atom. The number of rotatable bonds is 5. The fourth-order valence-corrected chi connectivity index (χ4v) is 4.07. The lowest BCUT2D eigenvalue weighted by Gasteiger charge is -2.33. The normalized spacial score (nSPS) is 20.2. The van der Waals surface area contributed by atoms with E-state index in [1.807, 2.05) is 34.9 Å². The van der Waals surface area contributed by atoms with Crippen LogP contribution < -0.4 is 11.0 Å². The number of benzene rings is 1. The molecule has 1 atom stereocenters. The summed E-state index contributed by atoms with van der Waals surface area (Å²) < 4.78 is 3.44. The zero-order valence-electron chi connectivity index (χ0n) is 15.6. The molecule has 1 unspecified atom stereocenters. The molecule has 1 aromatic heterocycles. The van der Waals surface area contributed by atoms with Crippen LogP contribution in [0, 0.1) is 0 Å². The molecule has 1 N–H and O–H groups in total. The molecular formula is C20H27N5O2. The average Bonchev–Trinajstić information content (AvgIpc) is 3.03. The summed E-state index contributed by atoms with van der Waals surface area (Å²) in [6, 6.07) is 9.49. The molecule has 4 rings (SSSR count). The van der Waals surface area contributed by atoms with Crippen LogP contribution in [0.25, 0.3) is 0 Å². The maximum absolute atomic E-state index is 12.4. The summed E-state index contributed by atoms with van der Waals surface area (Å²) >= 11 is 0. The molecule has 0 aliphatic carbocycles. The van der Waals surface area contributed by atoms with Crippen molar-refractivity contribution in [3.8, 4) is 0 Å². The lowest BCUT2D eigenvalue weighted by Crippen LogP contribution is -2.48. The number of carbonyl (C=O) groups excluding carboxylic acids is 1. The van der Waals surface area contributed by atoms with Crippen molar-refractivity contribution in [1.82, 2.24) is 24.6 Å². The van der Waals surface area contributed by atoms with Gasteiger partial charge in [0.15, 0.2) is 0 Å². The van der Waals surface area contributed by atoms with E-state index in [0.717, 1.165) is 64.1 Å². The van der Waals surface area contributed by atoms with Gasteiger partial charge >= 0.3 is 5.69 Å². The van der Waals surface area contributed by atoms with Gasteiger partial charge in [-0.3, -0.25) is 14.3 Å². The number of nitrogens with one attached hydrogen (secondary N) is 1. The Morgan fingerprint density at radius 1 is 1.11 bits per heavy atom. The van der Waals surface area contributed by atoms with Crippen LogP contribution in [0.1, 0.15) is 41.9 Å². The van der Waals surface area contributed by atoms with Crippen LogP contribution in [0.4, 0.5) is 0 Å². The maximum atomic E-state index is 12.4. The van der Waals surface area contributed by atoms with Crippen molar-refractivity contribution in [2.45, 2.75) is 51.2 Å². The predicted molar refractivity (Wildman–Crippen MR) is 103 cm³/mol. The van der Waals surface area contributed by atoms with E-state index in [1.165, 1.54) is 0 Å². The number of aromatic nitrogens is 3. The van der Waals surface area contributed by atoms with E-state index in [0.29, 0.717) is 12.1 Å². The molecule has 7 heteroatoms.